The molecule has 0 radical (unpaired) electrons. The van der Waals surface area contributed by atoms with Crippen LogP contribution in [0.2, 0.25) is 0 Å². The summed E-state index contributed by atoms with van der Waals surface area (Å²) in [5.74, 6) is 0.571. The number of amides is 1. The molecule has 1 aliphatic heterocycles. The molecule has 1 aromatic rings. The Balaban J connectivity index is 0.00000225. The van der Waals surface area contributed by atoms with Gasteiger partial charge < -0.3 is 10.2 Å². The predicted octanol–water partition coefficient (Wildman–Crippen LogP) is 5.06. The van der Waals surface area contributed by atoms with Crippen LogP contribution in [0.5, 0.6) is 0 Å². The third kappa shape index (κ3) is 4.23. The number of carbonyl (C=O) groups excluding carboxylic acids is 1. The van der Waals surface area contributed by atoms with E-state index in [1.54, 1.807) is 0 Å². The largest absolute Gasteiger partial charge is 0.349 e. The van der Waals surface area contributed by atoms with Crippen molar-refractivity contribution in [3.8, 4) is 0 Å². The van der Waals surface area contributed by atoms with E-state index in [0.29, 0.717) is 16.7 Å². The molecule has 3 nitrogen and oxygen atoms in total. The van der Waals surface area contributed by atoms with Crippen molar-refractivity contribution in [2.45, 2.75) is 77.2 Å². The van der Waals surface area contributed by atoms with Crippen LogP contribution in [-0.4, -0.2) is 30.4 Å². The highest BCUT2D eigenvalue weighted by molar-refractivity contribution is 5.81. The van der Waals surface area contributed by atoms with Crippen molar-refractivity contribution in [2.24, 2.45) is 11.3 Å². The first-order valence-corrected chi connectivity index (χ1v) is 11.0. The van der Waals surface area contributed by atoms with E-state index in [1.165, 1.54) is 56.4 Å². The van der Waals surface area contributed by atoms with E-state index in [0.717, 1.165) is 19.3 Å². The second-order valence-electron chi connectivity index (χ2n) is 10.4. The summed E-state index contributed by atoms with van der Waals surface area (Å²) in [6, 6.07) is 9.17. The maximum absolute atomic E-state index is 12.3. The van der Waals surface area contributed by atoms with E-state index in [2.05, 4.69) is 55.3 Å². The third-order valence-electron chi connectivity index (χ3n) is 7.07. The molecule has 1 saturated carbocycles. The minimum atomic E-state index is 0. The van der Waals surface area contributed by atoms with Crippen LogP contribution >= 0.6 is 0 Å². The van der Waals surface area contributed by atoms with Gasteiger partial charge in [0.25, 0.3) is 0 Å². The first kappa shape index (κ1) is 19.0. The van der Waals surface area contributed by atoms with Gasteiger partial charge in [-0.1, -0.05) is 45.0 Å². The lowest BCUT2D eigenvalue weighted by molar-refractivity contribution is -0.123. The first-order valence-electron chi connectivity index (χ1n) is 11.0. The highest BCUT2D eigenvalue weighted by atomic mass is 16.2. The Morgan fingerprint density at radius 1 is 1.15 bits per heavy atom. The third-order valence-corrected chi connectivity index (χ3v) is 7.07. The van der Waals surface area contributed by atoms with Gasteiger partial charge >= 0.3 is 0 Å². The fraction of sp³-hybridized carbons (Fsp3) is 0.708. The molecule has 3 heteroatoms. The van der Waals surface area contributed by atoms with Crippen molar-refractivity contribution < 1.29 is 6.22 Å². The summed E-state index contributed by atoms with van der Waals surface area (Å²) in [4.78, 5) is 15.0. The Bertz CT molecular complexity index is 684. The Labute approximate surface area is 166 Å². The molecule has 1 amide bonds. The molecule has 3 aliphatic rings. The molecule has 150 valence electrons. The summed E-state index contributed by atoms with van der Waals surface area (Å²) >= 11 is 0. The number of carbonyl (C=O) groups is 1. The zero-order chi connectivity index (χ0) is 19.1. The van der Waals surface area contributed by atoms with Crippen LogP contribution in [-0.2, 0) is 10.2 Å². The molecule has 2 fully saturated rings. The summed E-state index contributed by atoms with van der Waals surface area (Å²) < 4.78 is 0. The maximum Gasteiger partial charge on any atom is 0.223 e. The minimum absolute atomic E-state index is 0. The van der Waals surface area contributed by atoms with E-state index in [9.17, 15) is 4.79 Å². The number of hydrogen-bond acceptors (Lipinski definition) is 2. The molecule has 1 N–H and O–H groups in total. The van der Waals surface area contributed by atoms with E-state index >= 15 is 0 Å². The van der Waals surface area contributed by atoms with Crippen LogP contribution in [0.25, 0.3) is 0 Å². The predicted molar refractivity (Wildman–Crippen MR) is 113 cm³/mol. The molecule has 27 heavy (non-hydrogen) atoms. The Hall–Kier alpha value is -1.35. The van der Waals surface area contributed by atoms with Gasteiger partial charge in [-0.15, -0.1) is 0 Å². The number of benzene rings is 1. The van der Waals surface area contributed by atoms with Gasteiger partial charge in [-0.3, -0.25) is 4.79 Å². The number of rotatable bonds is 4. The standard InChI is InChI=1S/C24H36N2O.H2/c1-23(2,3)12-15-26-16-13-24(14-17-26)11-10-21(25-22(27)18-8-9-18)19-6-4-5-7-20(19)24;/h4-7,18,21H,8-17H2,1-3H3,(H,25,27);1H/t21-;/m1./s1. The number of piperidine rings is 1. The molecule has 0 unspecified atom stereocenters. The Morgan fingerprint density at radius 3 is 2.52 bits per heavy atom. The van der Waals surface area contributed by atoms with Crippen LogP contribution in [0.15, 0.2) is 24.3 Å². The number of fused-ring (bicyclic) bond motifs is 2. The molecule has 4 rings (SSSR count). The van der Waals surface area contributed by atoms with Gasteiger partial charge in [-0.05, 0) is 86.5 Å². The van der Waals surface area contributed by atoms with Crippen LogP contribution in [0.3, 0.4) is 0 Å². The number of likely N-dealkylation sites (tertiary alicyclic amines) is 1. The quantitative estimate of drug-likeness (QED) is 0.803. The summed E-state index contributed by atoms with van der Waals surface area (Å²) in [5.41, 5.74) is 3.66. The van der Waals surface area contributed by atoms with Crippen molar-refractivity contribution in [1.29, 1.82) is 0 Å². The molecule has 1 heterocycles. The molecule has 1 saturated heterocycles. The monoisotopic (exact) mass is 370 g/mol. The molecular weight excluding hydrogens is 332 g/mol. The van der Waals surface area contributed by atoms with Crippen molar-refractivity contribution >= 4 is 5.91 Å². The average molecular weight is 371 g/mol. The van der Waals surface area contributed by atoms with Crippen LogP contribution in [0.4, 0.5) is 0 Å². The Morgan fingerprint density at radius 2 is 1.85 bits per heavy atom. The van der Waals surface area contributed by atoms with Crippen molar-refractivity contribution in [2.75, 3.05) is 19.6 Å². The van der Waals surface area contributed by atoms with Gasteiger partial charge in [0.2, 0.25) is 5.91 Å². The molecule has 1 spiro atoms. The van der Waals surface area contributed by atoms with Crippen molar-refractivity contribution in [3.63, 3.8) is 0 Å². The van der Waals surface area contributed by atoms with Crippen molar-refractivity contribution in [3.05, 3.63) is 35.4 Å². The van der Waals surface area contributed by atoms with Crippen LogP contribution in [0, 0.1) is 11.3 Å². The van der Waals surface area contributed by atoms with Gasteiger partial charge in [-0.25, -0.2) is 0 Å². The summed E-state index contributed by atoms with van der Waals surface area (Å²) in [5, 5.41) is 3.36. The average Bonchev–Trinajstić information content (AvgIpc) is 3.49. The molecule has 1 aromatic carbocycles. The topological polar surface area (TPSA) is 32.3 Å². The fourth-order valence-corrected chi connectivity index (χ4v) is 5.00. The van der Waals surface area contributed by atoms with Crippen LogP contribution < -0.4 is 5.32 Å². The van der Waals surface area contributed by atoms with E-state index in [1.807, 2.05) is 0 Å². The van der Waals surface area contributed by atoms with Gasteiger partial charge in [0.05, 0.1) is 6.04 Å². The Kier molecular flexibility index (Phi) is 5.09. The highest BCUT2D eigenvalue weighted by Crippen LogP contribution is 2.48. The van der Waals surface area contributed by atoms with Crippen LogP contribution in [0.1, 0.15) is 84.3 Å². The summed E-state index contributed by atoms with van der Waals surface area (Å²) in [7, 11) is 0. The van der Waals surface area contributed by atoms with E-state index < -0.39 is 0 Å². The lowest BCUT2D eigenvalue weighted by atomic mass is 9.63. The second kappa shape index (κ2) is 7.24. The fourth-order valence-electron chi connectivity index (χ4n) is 5.00. The summed E-state index contributed by atoms with van der Waals surface area (Å²) in [6.07, 6.45) is 8.26. The smallest absolute Gasteiger partial charge is 0.223 e. The van der Waals surface area contributed by atoms with Gasteiger partial charge in [0.15, 0.2) is 0 Å². The second-order valence-corrected chi connectivity index (χ2v) is 10.4. The SMILES string of the molecule is CC(C)(C)CCN1CCC2(CC[C@@H](NC(=O)C3CC3)c3ccccc32)CC1.[HH]. The molecular formula is C24H38N2O. The van der Waals surface area contributed by atoms with E-state index in [-0.39, 0.29) is 13.4 Å². The van der Waals surface area contributed by atoms with Gasteiger partial charge in [-0.2, -0.15) is 0 Å². The van der Waals surface area contributed by atoms with Gasteiger partial charge in [0.1, 0.15) is 0 Å². The van der Waals surface area contributed by atoms with E-state index in [4.69, 9.17) is 0 Å². The molecule has 0 aromatic heterocycles. The highest BCUT2D eigenvalue weighted by Gasteiger charge is 2.42. The zero-order valence-electron chi connectivity index (χ0n) is 17.4. The number of nitrogens with one attached hydrogen (secondary N) is 1. The van der Waals surface area contributed by atoms with Crippen molar-refractivity contribution in [1.82, 2.24) is 10.2 Å². The molecule has 1 atom stereocenters. The molecule has 2 aliphatic carbocycles. The first-order chi connectivity index (χ1) is 12.9. The lowest BCUT2D eigenvalue weighted by Gasteiger charge is -2.47. The number of nitrogens with zero attached hydrogens (tertiary/aromatic N) is 1. The zero-order valence-corrected chi connectivity index (χ0v) is 17.4. The lowest BCUT2D eigenvalue weighted by Crippen LogP contribution is -2.46. The minimum Gasteiger partial charge on any atom is -0.349 e. The van der Waals surface area contributed by atoms with Gasteiger partial charge in [0, 0.05) is 7.34 Å². The molecule has 0 bridgehead atoms. The maximum atomic E-state index is 12.3. The summed E-state index contributed by atoms with van der Waals surface area (Å²) in [6.45, 7) is 10.7. The normalized spacial score (nSPS) is 25.2. The number of hydrogen-bond donors (Lipinski definition) is 1.